The van der Waals surface area contributed by atoms with Crippen LogP contribution in [0, 0.1) is 0 Å². The van der Waals surface area contributed by atoms with Crippen LogP contribution in [0.15, 0.2) is 73.1 Å². The molecule has 0 bridgehead atoms. The maximum Gasteiger partial charge on any atom is 0.337 e. The number of hydrogen-bond acceptors (Lipinski definition) is 5. The third-order valence-corrected chi connectivity index (χ3v) is 4.18. The van der Waals surface area contributed by atoms with E-state index in [4.69, 9.17) is 0 Å². The minimum atomic E-state index is -0.444. The van der Waals surface area contributed by atoms with Gasteiger partial charge in [-0.1, -0.05) is 0 Å². The maximum absolute atomic E-state index is 12.4. The molecule has 7 heteroatoms. The van der Waals surface area contributed by atoms with Gasteiger partial charge in [-0.15, -0.1) is 0 Å². The van der Waals surface area contributed by atoms with Crippen molar-refractivity contribution < 1.29 is 19.1 Å². The van der Waals surface area contributed by atoms with Gasteiger partial charge in [-0.05, 0) is 66.2 Å². The lowest BCUT2D eigenvalue weighted by Gasteiger charge is -2.08. The largest absolute Gasteiger partial charge is 0.465 e. The van der Waals surface area contributed by atoms with Gasteiger partial charge in [0.05, 0.1) is 12.7 Å². The number of amides is 2. The lowest BCUT2D eigenvalue weighted by atomic mass is 10.1. The van der Waals surface area contributed by atoms with Gasteiger partial charge in [-0.2, -0.15) is 0 Å². The zero-order valence-electron chi connectivity index (χ0n) is 15.7. The molecule has 1 aromatic heterocycles. The quantitative estimate of drug-likeness (QED) is 0.632. The van der Waals surface area contributed by atoms with Crippen molar-refractivity contribution in [1.29, 1.82) is 0 Å². The highest BCUT2D eigenvalue weighted by molar-refractivity contribution is 6.05. The van der Waals surface area contributed by atoms with E-state index in [0.29, 0.717) is 28.9 Å². The number of benzene rings is 2. The van der Waals surface area contributed by atoms with Gasteiger partial charge >= 0.3 is 5.97 Å². The summed E-state index contributed by atoms with van der Waals surface area (Å²) in [4.78, 5) is 40.0. The number of methoxy groups -OCH3 is 1. The molecular weight excluding hydrogens is 370 g/mol. The average Bonchev–Trinajstić information content (AvgIpc) is 2.78. The fourth-order valence-corrected chi connectivity index (χ4v) is 2.57. The van der Waals surface area contributed by atoms with E-state index >= 15 is 0 Å². The Kier molecular flexibility index (Phi) is 6.32. The number of nitrogens with one attached hydrogen (secondary N) is 2. The van der Waals surface area contributed by atoms with Crippen molar-refractivity contribution in [2.45, 2.75) is 6.54 Å². The molecule has 7 nitrogen and oxygen atoms in total. The van der Waals surface area contributed by atoms with Gasteiger partial charge in [0.1, 0.15) is 0 Å². The Balaban J connectivity index is 1.58. The summed E-state index contributed by atoms with van der Waals surface area (Å²) in [6, 6.07) is 16.4. The van der Waals surface area contributed by atoms with Gasteiger partial charge < -0.3 is 15.4 Å². The van der Waals surface area contributed by atoms with Crippen LogP contribution in [-0.4, -0.2) is 29.9 Å². The zero-order chi connectivity index (χ0) is 20.6. The summed E-state index contributed by atoms with van der Waals surface area (Å²) in [5.41, 5.74) is 2.75. The van der Waals surface area contributed by atoms with Gasteiger partial charge in [-0.3, -0.25) is 14.6 Å². The van der Waals surface area contributed by atoms with E-state index in [1.807, 2.05) is 12.1 Å². The number of ether oxygens (including phenoxy) is 1. The fourth-order valence-electron chi connectivity index (χ4n) is 2.57. The molecular formula is C22H19N3O4. The van der Waals surface area contributed by atoms with Crippen molar-refractivity contribution in [2.24, 2.45) is 0 Å². The van der Waals surface area contributed by atoms with Gasteiger partial charge in [0.2, 0.25) is 0 Å². The van der Waals surface area contributed by atoms with E-state index in [1.54, 1.807) is 60.9 Å². The summed E-state index contributed by atoms with van der Waals surface area (Å²) >= 11 is 0. The number of aromatic nitrogens is 1. The topological polar surface area (TPSA) is 97.4 Å². The van der Waals surface area contributed by atoms with Crippen LogP contribution in [0.25, 0.3) is 0 Å². The second-order valence-corrected chi connectivity index (χ2v) is 6.14. The predicted octanol–water partition coefficient (Wildman–Crippen LogP) is 3.05. The Morgan fingerprint density at radius 3 is 1.93 bits per heavy atom. The zero-order valence-corrected chi connectivity index (χ0v) is 15.7. The number of anilines is 1. The molecule has 146 valence electrons. The first-order valence-electron chi connectivity index (χ1n) is 8.84. The molecule has 2 N–H and O–H groups in total. The Morgan fingerprint density at radius 2 is 1.34 bits per heavy atom. The van der Waals surface area contributed by atoms with Crippen molar-refractivity contribution in [3.63, 3.8) is 0 Å². The smallest absolute Gasteiger partial charge is 0.337 e. The Bertz CT molecular complexity index is 1000. The summed E-state index contributed by atoms with van der Waals surface area (Å²) in [6.45, 7) is 0.394. The Labute approximate surface area is 167 Å². The number of nitrogens with zero attached hydrogens (tertiary/aromatic N) is 1. The number of carbonyl (C=O) groups excluding carboxylic acids is 3. The van der Waals surface area contributed by atoms with Crippen molar-refractivity contribution in [3.05, 3.63) is 95.3 Å². The molecule has 0 spiro atoms. The number of hydrogen-bond donors (Lipinski definition) is 2. The van der Waals surface area contributed by atoms with Crippen molar-refractivity contribution in [3.8, 4) is 0 Å². The Hall–Kier alpha value is -4.00. The predicted molar refractivity (Wildman–Crippen MR) is 108 cm³/mol. The summed E-state index contributed by atoms with van der Waals surface area (Å²) in [7, 11) is 1.31. The summed E-state index contributed by atoms with van der Waals surface area (Å²) in [5, 5.41) is 5.56. The minimum absolute atomic E-state index is 0.229. The Morgan fingerprint density at radius 1 is 0.793 bits per heavy atom. The van der Waals surface area contributed by atoms with Crippen LogP contribution >= 0.6 is 0 Å². The average molecular weight is 389 g/mol. The number of rotatable bonds is 6. The minimum Gasteiger partial charge on any atom is -0.465 e. The van der Waals surface area contributed by atoms with E-state index in [9.17, 15) is 14.4 Å². The van der Waals surface area contributed by atoms with Crippen LogP contribution in [0.5, 0.6) is 0 Å². The third kappa shape index (κ3) is 5.26. The molecule has 0 aliphatic heterocycles. The van der Waals surface area contributed by atoms with Crippen molar-refractivity contribution in [1.82, 2.24) is 10.3 Å². The molecule has 1 heterocycles. The first kappa shape index (κ1) is 19.8. The molecule has 2 aromatic carbocycles. The fraction of sp³-hybridized carbons (Fsp3) is 0.0909. The van der Waals surface area contributed by atoms with E-state index < -0.39 is 5.97 Å². The van der Waals surface area contributed by atoms with Crippen LogP contribution in [0.2, 0.25) is 0 Å². The standard InChI is InChI=1S/C22H19N3O4/c1-29-22(28)18-6-8-19(9-7-18)25-21(27)17-4-2-16(3-5-17)20(26)24-14-15-10-12-23-13-11-15/h2-13H,14H2,1H3,(H,24,26)(H,25,27). The molecule has 0 saturated carbocycles. The molecule has 0 unspecified atom stereocenters. The van der Waals surface area contributed by atoms with Crippen LogP contribution in [0.4, 0.5) is 5.69 Å². The summed E-state index contributed by atoms with van der Waals surface area (Å²) < 4.78 is 4.64. The normalized spacial score (nSPS) is 10.1. The van der Waals surface area contributed by atoms with Gasteiger partial charge in [0.25, 0.3) is 11.8 Å². The molecule has 0 atom stereocenters. The SMILES string of the molecule is COC(=O)c1ccc(NC(=O)c2ccc(C(=O)NCc3ccncc3)cc2)cc1. The highest BCUT2D eigenvalue weighted by Gasteiger charge is 2.10. The van der Waals surface area contributed by atoms with Crippen LogP contribution in [-0.2, 0) is 11.3 Å². The number of carbonyl (C=O) groups is 3. The van der Waals surface area contributed by atoms with E-state index in [-0.39, 0.29) is 11.8 Å². The monoisotopic (exact) mass is 389 g/mol. The molecule has 2 amide bonds. The maximum atomic E-state index is 12.4. The molecule has 29 heavy (non-hydrogen) atoms. The van der Waals surface area contributed by atoms with E-state index in [0.717, 1.165) is 5.56 Å². The molecule has 0 radical (unpaired) electrons. The molecule has 3 rings (SSSR count). The van der Waals surface area contributed by atoms with Crippen molar-refractivity contribution >= 4 is 23.5 Å². The van der Waals surface area contributed by atoms with Crippen molar-refractivity contribution in [2.75, 3.05) is 12.4 Å². The first-order chi connectivity index (χ1) is 14.1. The highest BCUT2D eigenvalue weighted by Crippen LogP contribution is 2.13. The second-order valence-electron chi connectivity index (χ2n) is 6.14. The molecule has 0 fully saturated rings. The van der Waals surface area contributed by atoms with Crippen LogP contribution in [0.3, 0.4) is 0 Å². The lowest BCUT2D eigenvalue weighted by molar-refractivity contribution is 0.0600. The summed E-state index contributed by atoms with van der Waals surface area (Å²) in [6.07, 6.45) is 3.33. The lowest BCUT2D eigenvalue weighted by Crippen LogP contribution is -2.23. The first-order valence-corrected chi connectivity index (χ1v) is 8.84. The highest BCUT2D eigenvalue weighted by atomic mass is 16.5. The second kappa shape index (κ2) is 9.27. The molecule has 3 aromatic rings. The van der Waals surface area contributed by atoms with Crippen LogP contribution in [0.1, 0.15) is 36.6 Å². The number of pyridine rings is 1. The van der Waals surface area contributed by atoms with E-state index in [2.05, 4.69) is 20.4 Å². The van der Waals surface area contributed by atoms with Gasteiger partial charge in [-0.25, -0.2) is 4.79 Å². The third-order valence-electron chi connectivity index (χ3n) is 4.18. The number of esters is 1. The van der Waals surface area contributed by atoms with E-state index in [1.165, 1.54) is 7.11 Å². The molecule has 0 saturated heterocycles. The summed E-state index contributed by atoms with van der Waals surface area (Å²) in [5.74, 6) is -0.993. The van der Waals surface area contributed by atoms with Gasteiger partial charge in [0.15, 0.2) is 0 Å². The van der Waals surface area contributed by atoms with Gasteiger partial charge in [0, 0.05) is 35.8 Å². The van der Waals surface area contributed by atoms with Crippen LogP contribution < -0.4 is 10.6 Å². The molecule has 0 aliphatic carbocycles. The molecule has 0 aliphatic rings.